The molecule has 1 aromatic rings. The van der Waals surface area contributed by atoms with Gasteiger partial charge in [-0.2, -0.15) is 0 Å². The van der Waals surface area contributed by atoms with Crippen LogP contribution >= 0.6 is 0 Å². The van der Waals surface area contributed by atoms with Crippen LogP contribution < -0.4 is 4.90 Å². The number of carboxylic acids is 1. The number of rotatable bonds is 5. The van der Waals surface area contributed by atoms with Gasteiger partial charge in [-0.3, -0.25) is 9.59 Å². The summed E-state index contributed by atoms with van der Waals surface area (Å²) in [5.74, 6) is -1.46. The topological polar surface area (TPSA) is 57.6 Å². The minimum atomic E-state index is -0.915. The van der Waals surface area contributed by atoms with Crippen LogP contribution in [0.4, 0.5) is 10.1 Å². The number of carbonyl (C=O) groups excluding carboxylic acids is 1. The maximum Gasteiger partial charge on any atom is 0.303 e. The number of benzene rings is 1. The lowest BCUT2D eigenvalue weighted by Crippen LogP contribution is -2.25. The first kappa shape index (κ1) is 13.2. The third kappa shape index (κ3) is 4.22. The van der Waals surface area contributed by atoms with E-state index in [0.717, 1.165) is 0 Å². The monoisotopic (exact) mass is 239 g/mol. The van der Waals surface area contributed by atoms with Crippen LogP contribution in [0.5, 0.6) is 0 Å². The fourth-order valence-corrected chi connectivity index (χ4v) is 1.37. The largest absolute Gasteiger partial charge is 0.481 e. The smallest absolute Gasteiger partial charge is 0.303 e. The number of aliphatic carboxylic acids is 1. The van der Waals surface area contributed by atoms with Gasteiger partial charge in [0.25, 0.3) is 0 Å². The zero-order valence-electron chi connectivity index (χ0n) is 9.52. The molecule has 0 fully saturated rings. The molecule has 5 heteroatoms. The number of halogens is 1. The van der Waals surface area contributed by atoms with Gasteiger partial charge in [-0.25, -0.2) is 4.39 Å². The van der Waals surface area contributed by atoms with Gasteiger partial charge in [0.1, 0.15) is 5.82 Å². The molecular weight excluding hydrogens is 225 g/mol. The van der Waals surface area contributed by atoms with Gasteiger partial charge < -0.3 is 10.0 Å². The van der Waals surface area contributed by atoms with Crippen molar-refractivity contribution in [3.05, 3.63) is 30.1 Å². The molecule has 1 rings (SSSR count). The molecular formula is C12H14FNO3. The van der Waals surface area contributed by atoms with Crippen LogP contribution in [-0.4, -0.2) is 24.0 Å². The van der Waals surface area contributed by atoms with Gasteiger partial charge in [0, 0.05) is 25.6 Å². The summed E-state index contributed by atoms with van der Waals surface area (Å²) in [6, 6.07) is 5.56. The molecule has 17 heavy (non-hydrogen) atoms. The van der Waals surface area contributed by atoms with Crippen LogP contribution in [-0.2, 0) is 9.59 Å². The molecule has 0 spiro atoms. The second-order valence-electron chi connectivity index (χ2n) is 3.68. The van der Waals surface area contributed by atoms with Crippen molar-refractivity contribution >= 4 is 17.6 Å². The van der Waals surface area contributed by atoms with Gasteiger partial charge in [-0.1, -0.05) is 0 Å². The average molecular weight is 239 g/mol. The molecule has 1 amide bonds. The van der Waals surface area contributed by atoms with E-state index in [9.17, 15) is 14.0 Å². The van der Waals surface area contributed by atoms with E-state index >= 15 is 0 Å². The molecule has 0 saturated carbocycles. The highest BCUT2D eigenvalue weighted by molar-refractivity contribution is 5.92. The Kier molecular flexibility index (Phi) is 4.63. The molecule has 0 atom stereocenters. The molecule has 0 radical (unpaired) electrons. The number of amides is 1. The van der Waals surface area contributed by atoms with Crippen LogP contribution in [0.2, 0.25) is 0 Å². The minimum Gasteiger partial charge on any atom is -0.481 e. The Balaban J connectivity index is 2.51. The van der Waals surface area contributed by atoms with Crippen molar-refractivity contribution < 1.29 is 19.1 Å². The number of nitrogens with zero attached hydrogens (tertiary/aromatic N) is 1. The quantitative estimate of drug-likeness (QED) is 0.855. The van der Waals surface area contributed by atoms with Gasteiger partial charge in [-0.05, 0) is 30.7 Å². The summed E-state index contributed by atoms with van der Waals surface area (Å²) in [5, 5.41) is 8.45. The Morgan fingerprint density at radius 2 is 1.82 bits per heavy atom. The van der Waals surface area contributed by atoms with Crippen molar-refractivity contribution in [3.63, 3.8) is 0 Å². The molecule has 92 valence electrons. The third-order valence-electron chi connectivity index (χ3n) is 2.37. The number of hydrogen-bond donors (Lipinski definition) is 1. The Morgan fingerprint density at radius 3 is 2.35 bits per heavy atom. The van der Waals surface area contributed by atoms with Gasteiger partial charge in [0.15, 0.2) is 0 Å². The highest BCUT2D eigenvalue weighted by Gasteiger charge is 2.11. The standard InChI is InChI=1S/C12H14FNO3/c1-14(10-7-5-9(13)6-8-10)11(15)3-2-4-12(16)17/h5-8H,2-4H2,1H3,(H,16,17). The number of anilines is 1. The van der Waals surface area contributed by atoms with Crippen LogP contribution in [0, 0.1) is 5.82 Å². The summed E-state index contributed by atoms with van der Waals surface area (Å²) < 4.78 is 12.7. The Morgan fingerprint density at radius 1 is 1.24 bits per heavy atom. The first-order chi connectivity index (χ1) is 8.00. The fourth-order valence-electron chi connectivity index (χ4n) is 1.37. The maximum atomic E-state index is 12.7. The van der Waals surface area contributed by atoms with E-state index in [4.69, 9.17) is 5.11 Å². The molecule has 1 aromatic carbocycles. The average Bonchev–Trinajstić information content (AvgIpc) is 2.28. The predicted molar refractivity (Wildman–Crippen MR) is 61.3 cm³/mol. The second-order valence-corrected chi connectivity index (χ2v) is 3.68. The summed E-state index contributed by atoms with van der Waals surface area (Å²) >= 11 is 0. The van der Waals surface area contributed by atoms with Crippen molar-refractivity contribution in [2.75, 3.05) is 11.9 Å². The second kappa shape index (κ2) is 5.98. The first-order valence-corrected chi connectivity index (χ1v) is 5.24. The van der Waals surface area contributed by atoms with Crippen molar-refractivity contribution in [3.8, 4) is 0 Å². The molecule has 0 bridgehead atoms. The molecule has 0 saturated heterocycles. The van der Waals surface area contributed by atoms with Crippen molar-refractivity contribution in [1.82, 2.24) is 0 Å². The van der Waals surface area contributed by atoms with E-state index in [2.05, 4.69) is 0 Å². The lowest BCUT2D eigenvalue weighted by molar-refractivity contribution is -0.137. The molecule has 4 nitrogen and oxygen atoms in total. The van der Waals surface area contributed by atoms with Crippen molar-refractivity contribution in [2.45, 2.75) is 19.3 Å². The third-order valence-corrected chi connectivity index (χ3v) is 2.37. The highest BCUT2D eigenvalue weighted by atomic mass is 19.1. The number of carbonyl (C=O) groups is 2. The molecule has 0 aliphatic heterocycles. The molecule has 0 aromatic heterocycles. The first-order valence-electron chi connectivity index (χ1n) is 5.24. The van der Waals surface area contributed by atoms with Gasteiger partial charge >= 0.3 is 5.97 Å². The van der Waals surface area contributed by atoms with E-state index in [1.165, 1.54) is 29.2 Å². The van der Waals surface area contributed by atoms with Crippen LogP contribution in [0.3, 0.4) is 0 Å². The van der Waals surface area contributed by atoms with E-state index in [0.29, 0.717) is 12.1 Å². The molecule has 0 heterocycles. The van der Waals surface area contributed by atoms with E-state index in [1.54, 1.807) is 7.05 Å². The SMILES string of the molecule is CN(C(=O)CCCC(=O)O)c1ccc(F)cc1. The molecule has 0 aliphatic rings. The number of carboxylic acid groups (broad SMARTS) is 1. The van der Waals surface area contributed by atoms with E-state index in [-0.39, 0.29) is 24.6 Å². The zero-order chi connectivity index (χ0) is 12.8. The van der Waals surface area contributed by atoms with E-state index in [1.807, 2.05) is 0 Å². The molecule has 0 unspecified atom stereocenters. The normalized spacial score (nSPS) is 10.0. The maximum absolute atomic E-state index is 12.7. The fraction of sp³-hybridized carbons (Fsp3) is 0.333. The molecule has 1 N–H and O–H groups in total. The Bertz CT molecular complexity index is 403. The molecule has 0 aliphatic carbocycles. The summed E-state index contributed by atoms with van der Waals surface area (Å²) in [7, 11) is 1.58. The van der Waals surface area contributed by atoms with E-state index < -0.39 is 5.97 Å². The summed E-state index contributed by atoms with van der Waals surface area (Å²) in [5.41, 5.74) is 0.590. The van der Waals surface area contributed by atoms with Gasteiger partial charge in [-0.15, -0.1) is 0 Å². The Hall–Kier alpha value is -1.91. The number of hydrogen-bond acceptors (Lipinski definition) is 2. The lowest BCUT2D eigenvalue weighted by atomic mass is 10.2. The van der Waals surface area contributed by atoms with Crippen LogP contribution in [0.25, 0.3) is 0 Å². The Labute approximate surface area is 98.7 Å². The predicted octanol–water partition coefficient (Wildman–Crippen LogP) is 2.04. The van der Waals surface area contributed by atoms with Crippen LogP contribution in [0.15, 0.2) is 24.3 Å². The van der Waals surface area contributed by atoms with Gasteiger partial charge in [0.2, 0.25) is 5.91 Å². The van der Waals surface area contributed by atoms with Gasteiger partial charge in [0.05, 0.1) is 0 Å². The summed E-state index contributed by atoms with van der Waals surface area (Å²) in [6.45, 7) is 0. The zero-order valence-corrected chi connectivity index (χ0v) is 9.52. The lowest BCUT2D eigenvalue weighted by Gasteiger charge is -2.16. The highest BCUT2D eigenvalue weighted by Crippen LogP contribution is 2.14. The van der Waals surface area contributed by atoms with Crippen LogP contribution in [0.1, 0.15) is 19.3 Å². The summed E-state index contributed by atoms with van der Waals surface area (Å²) in [4.78, 5) is 23.3. The van der Waals surface area contributed by atoms with Crippen molar-refractivity contribution in [2.24, 2.45) is 0 Å². The summed E-state index contributed by atoms with van der Waals surface area (Å²) in [6.07, 6.45) is 0.447. The van der Waals surface area contributed by atoms with Crippen molar-refractivity contribution in [1.29, 1.82) is 0 Å². The minimum absolute atomic E-state index is 0.0248.